The molecule has 0 saturated heterocycles. The Morgan fingerprint density at radius 3 is 2.47 bits per heavy atom. The van der Waals surface area contributed by atoms with Crippen LogP contribution in [-0.4, -0.2) is 58.9 Å². The van der Waals surface area contributed by atoms with Gasteiger partial charge < -0.3 is 21.3 Å². The third-order valence-corrected chi connectivity index (χ3v) is 4.21. The van der Waals surface area contributed by atoms with E-state index in [2.05, 4.69) is 25.6 Å². The average molecular weight is 405 g/mol. The molecule has 9 nitrogen and oxygen atoms in total. The van der Waals surface area contributed by atoms with Gasteiger partial charge in [-0.15, -0.1) is 0 Å². The number of pyridine rings is 1. The highest BCUT2D eigenvalue weighted by Crippen LogP contribution is 2.20. The minimum absolute atomic E-state index is 0.00339. The van der Waals surface area contributed by atoms with Crippen LogP contribution >= 0.6 is 0 Å². The van der Waals surface area contributed by atoms with Gasteiger partial charge in [0.25, 0.3) is 11.8 Å². The standard InChI is InChI=1S/C21H23N7O2/c1-28(2)12-11-24-20(29)15-8-6-14(7-9-15)16-13-25-19(22)18(26-16)21(30)27-17-5-3-4-10-23-17/h3-10,13H,11-12H2,1-2H3,(H2,22,25)(H,24,29)(H,23,27,30). The molecule has 9 heteroatoms. The molecule has 0 saturated carbocycles. The molecule has 3 rings (SSSR count). The number of hydrogen-bond acceptors (Lipinski definition) is 7. The molecule has 2 amide bonds. The summed E-state index contributed by atoms with van der Waals surface area (Å²) in [6.45, 7) is 1.32. The Morgan fingerprint density at radius 1 is 1.03 bits per heavy atom. The molecule has 0 fully saturated rings. The van der Waals surface area contributed by atoms with Crippen molar-refractivity contribution in [2.75, 3.05) is 38.2 Å². The zero-order valence-electron chi connectivity index (χ0n) is 16.8. The van der Waals surface area contributed by atoms with E-state index >= 15 is 0 Å². The molecule has 2 heterocycles. The second kappa shape index (κ2) is 9.57. The summed E-state index contributed by atoms with van der Waals surface area (Å²) in [6.07, 6.45) is 3.05. The summed E-state index contributed by atoms with van der Waals surface area (Å²) in [5.74, 6) is -0.248. The number of nitrogens with two attached hydrogens (primary N) is 1. The molecule has 0 spiro atoms. The third-order valence-electron chi connectivity index (χ3n) is 4.21. The molecule has 0 aliphatic carbocycles. The summed E-state index contributed by atoms with van der Waals surface area (Å²) in [5.41, 5.74) is 7.56. The van der Waals surface area contributed by atoms with Crippen LogP contribution in [0, 0.1) is 0 Å². The number of amides is 2. The Labute approximate surface area is 174 Å². The fourth-order valence-corrected chi connectivity index (χ4v) is 2.60. The van der Waals surface area contributed by atoms with Crippen molar-refractivity contribution in [3.8, 4) is 11.3 Å². The van der Waals surface area contributed by atoms with Crippen molar-refractivity contribution in [2.24, 2.45) is 0 Å². The van der Waals surface area contributed by atoms with Crippen molar-refractivity contribution < 1.29 is 9.59 Å². The normalized spacial score (nSPS) is 10.6. The number of benzene rings is 1. The summed E-state index contributed by atoms with van der Waals surface area (Å²) in [6, 6.07) is 12.1. The van der Waals surface area contributed by atoms with E-state index in [0.29, 0.717) is 29.2 Å². The number of rotatable bonds is 7. The lowest BCUT2D eigenvalue weighted by atomic mass is 10.1. The maximum atomic E-state index is 12.5. The molecule has 0 aliphatic rings. The largest absolute Gasteiger partial charge is 0.382 e. The topological polar surface area (TPSA) is 126 Å². The molecule has 0 atom stereocenters. The number of nitrogens with zero attached hydrogens (tertiary/aromatic N) is 4. The van der Waals surface area contributed by atoms with Gasteiger partial charge in [0, 0.05) is 30.4 Å². The molecular formula is C21H23N7O2. The van der Waals surface area contributed by atoms with E-state index < -0.39 is 5.91 Å². The summed E-state index contributed by atoms with van der Waals surface area (Å²) in [5, 5.41) is 5.50. The van der Waals surface area contributed by atoms with E-state index in [9.17, 15) is 9.59 Å². The van der Waals surface area contributed by atoms with Gasteiger partial charge in [0.05, 0.1) is 11.9 Å². The Morgan fingerprint density at radius 2 is 1.80 bits per heavy atom. The van der Waals surface area contributed by atoms with Gasteiger partial charge in [0.1, 0.15) is 5.82 Å². The number of carbonyl (C=O) groups is 2. The molecular weight excluding hydrogens is 382 g/mol. The molecule has 0 bridgehead atoms. The minimum Gasteiger partial charge on any atom is -0.382 e. The maximum absolute atomic E-state index is 12.5. The Balaban J connectivity index is 1.74. The lowest BCUT2D eigenvalue weighted by Gasteiger charge is -2.11. The van der Waals surface area contributed by atoms with Crippen LogP contribution in [0.3, 0.4) is 0 Å². The Bertz CT molecular complexity index is 1020. The number of nitrogen functional groups attached to an aromatic ring is 1. The van der Waals surface area contributed by atoms with Crippen LogP contribution in [0.2, 0.25) is 0 Å². The molecule has 0 unspecified atom stereocenters. The summed E-state index contributed by atoms with van der Waals surface area (Å²) >= 11 is 0. The minimum atomic E-state index is -0.502. The van der Waals surface area contributed by atoms with Crippen molar-refractivity contribution in [2.45, 2.75) is 0 Å². The van der Waals surface area contributed by atoms with Crippen LogP contribution in [0.5, 0.6) is 0 Å². The quantitative estimate of drug-likeness (QED) is 0.546. The van der Waals surface area contributed by atoms with Gasteiger partial charge in [-0.25, -0.2) is 15.0 Å². The molecule has 3 aromatic rings. The van der Waals surface area contributed by atoms with Gasteiger partial charge in [0.2, 0.25) is 0 Å². The van der Waals surface area contributed by atoms with E-state index in [1.165, 1.54) is 6.20 Å². The zero-order valence-corrected chi connectivity index (χ0v) is 16.8. The van der Waals surface area contributed by atoms with Crippen molar-refractivity contribution in [3.05, 3.63) is 66.1 Å². The molecule has 154 valence electrons. The summed E-state index contributed by atoms with van der Waals surface area (Å²) < 4.78 is 0. The van der Waals surface area contributed by atoms with Crippen LogP contribution < -0.4 is 16.4 Å². The fourth-order valence-electron chi connectivity index (χ4n) is 2.60. The van der Waals surface area contributed by atoms with Crippen LogP contribution in [0.15, 0.2) is 54.9 Å². The first-order valence-corrected chi connectivity index (χ1v) is 9.32. The van der Waals surface area contributed by atoms with Crippen molar-refractivity contribution in [1.29, 1.82) is 0 Å². The molecule has 0 radical (unpaired) electrons. The molecule has 1 aromatic carbocycles. The summed E-state index contributed by atoms with van der Waals surface area (Å²) in [4.78, 5) is 39.2. The van der Waals surface area contributed by atoms with Crippen molar-refractivity contribution in [3.63, 3.8) is 0 Å². The number of hydrogen-bond donors (Lipinski definition) is 3. The molecule has 4 N–H and O–H groups in total. The average Bonchev–Trinajstić information content (AvgIpc) is 2.74. The monoisotopic (exact) mass is 405 g/mol. The van der Waals surface area contributed by atoms with Crippen molar-refractivity contribution in [1.82, 2.24) is 25.2 Å². The van der Waals surface area contributed by atoms with E-state index in [1.807, 2.05) is 19.0 Å². The number of anilines is 2. The van der Waals surface area contributed by atoms with Crippen LogP contribution in [-0.2, 0) is 0 Å². The first-order chi connectivity index (χ1) is 14.4. The van der Waals surface area contributed by atoms with Gasteiger partial charge in [0.15, 0.2) is 11.5 Å². The molecule has 2 aromatic heterocycles. The Kier molecular flexibility index (Phi) is 6.66. The van der Waals surface area contributed by atoms with Gasteiger partial charge in [-0.05, 0) is 38.4 Å². The van der Waals surface area contributed by atoms with Crippen LogP contribution in [0.1, 0.15) is 20.8 Å². The molecule has 0 aliphatic heterocycles. The SMILES string of the molecule is CN(C)CCNC(=O)c1ccc(-c2cnc(N)c(C(=O)Nc3ccccn3)n2)cc1. The number of carbonyl (C=O) groups excluding carboxylic acids is 2. The van der Waals surface area contributed by atoms with Gasteiger partial charge in [-0.1, -0.05) is 18.2 Å². The maximum Gasteiger partial charge on any atom is 0.279 e. The van der Waals surface area contributed by atoms with Gasteiger partial charge >= 0.3 is 0 Å². The van der Waals surface area contributed by atoms with E-state index in [0.717, 1.165) is 6.54 Å². The highest BCUT2D eigenvalue weighted by atomic mass is 16.2. The second-order valence-electron chi connectivity index (χ2n) is 6.79. The smallest absolute Gasteiger partial charge is 0.279 e. The first kappa shape index (κ1) is 20.9. The van der Waals surface area contributed by atoms with Crippen molar-refractivity contribution >= 4 is 23.5 Å². The summed E-state index contributed by atoms with van der Waals surface area (Å²) in [7, 11) is 3.89. The van der Waals surface area contributed by atoms with Crippen LogP contribution in [0.25, 0.3) is 11.3 Å². The highest BCUT2D eigenvalue weighted by molar-refractivity contribution is 6.05. The number of likely N-dealkylation sites (N-methyl/N-ethyl adjacent to an activating group) is 1. The Hall–Kier alpha value is -3.85. The van der Waals surface area contributed by atoms with Crippen LogP contribution in [0.4, 0.5) is 11.6 Å². The first-order valence-electron chi connectivity index (χ1n) is 9.32. The predicted octanol–water partition coefficient (Wildman–Crippen LogP) is 1.66. The predicted molar refractivity (Wildman–Crippen MR) is 115 cm³/mol. The van der Waals surface area contributed by atoms with E-state index in [4.69, 9.17) is 5.73 Å². The van der Waals surface area contributed by atoms with E-state index in [-0.39, 0.29) is 17.4 Å². The highest BCUT2D eigenvalue weighted by Gasteiger charge is 2.16. The lowest BCUT2D eigenvalue weighted by Crippen LogP contribution is -2.31. The third kappa shape index (κ3) is 5.36. The molecule has 30 heavy (non-hydrogen) atoms. The lowest BCUT2D eigenvalue weighted by molar-refractivity contribution is 0.0950. The number of aromatic nitrogens is 3. The van der Waals surface area contributed by atoms with Gasteiger partial charge in [-0.3, -0.25) is 9.59 Å². The fraction of sp³-hybridized carbons (Fsp3) is 0.190. The number of nitrogens with one attached hydrogen (secondary N) is 2. The van der Waals surface area contributed by atoms with E-state index in [1.54, 1.807) is 48.7 Å². The second-order valence-corrected chi connectivity index (χ2v) is 6.79. The van der Waals surface area contributed by atoms with Gasteiger partial charge in [-0.2, -0.15) is 0 Å². The zero-order chi connectivity index (χ0) is 21.5.